The molecule has 92 valence electrons. The van der Waals surface area contributed by atoms with E-state index in [1.807, 2.05) is 18.2 Å². The van der Waals surface area contributed by atoms with E-state index in [0.717, 1.165) is 36.7 Å². The first kappa shape index (κ1) is 11.2. The van der Waals surface area contributed by atoms with Crippen LogP contribution >= 0.6 is 0 Å². The molecule has 2 aromatic rings. The van der Waals surface area contributed by atoms with Crippen molar-refractivity contribution in [1.82, 2.24) is 0 Å². The minimum Gasteiger partial charge on any atom is -0.384 e. The van der Waals surface area contributed by atoms with E-state index in [9.17, 15) is 8.78 Å². The Balaban J connectivity index is 2.17. The van der Waals surface area contributed by atoms with Gasteiger partial charge in [-0.25, -0.2) is 8.78 Å². The lowest BCUT2D eigenvalue weighted by Gasteiger charge is -2.21. The van der Waals surface area contributed by atoms with Gasteiger partial charge in [-0.3, -0.25) is 0 Å². The monoisotopic (exact) mass is 245 g/mol. The van der Waals surface area contributed by atoms with Gasteiger partial charge in [0, 0.05) is 29.4 Å². The van der Waals surface area contributed by atoms with E-state index in [4.69, 9.17) is 0 Å². The quantitative estimate of drug-likeness (QED) is 0.801. The van der Waals surface area contributed by atoms with Crippen molar-refractivity contribution in [3.63, 3.8) is 0 Å². The van der Waals surface area contributed by atoms with Crippen molar-refractivity contribution in [2.24, 2.45) is 0 Å². The molecule has 1 heterocycles. The summed E-state index contributed by atoms with van der Waals surface area (Å²) < 4.78 is 26.8. The SMILES string of the molecule is Fc1ccc(-c2cccc3c2NCCC3)c(F)c1. The molecule has 0 amide bonds. The van der Waals surface area contributed by atoms with Gasteiger partial charge in [0.05, 0.1) is 0 Å². The predicted octanol–water partition coefficient (Wildman–Crippen LogP) is 3.99. The second-order valence-corrected chi connectivity index (χ2v) is 4.49. The largest absolute Gasteiger partial charge is 0.384 e. The van der Waals surface area contributed by atoms with E-state index >= 15 is 0 Å². The van der Waals surface area contributed by atoms with Crippen molar-refractivity contribution < 1.29 is 8.78 Å². The van der Waals surface area contributed by atoms with Gasteiger partial charge >= 0.3 is 0 Å². The maximum Gasteiger partial charge on any atom is 0.134 e. The molecule has 1 nitrogen and oxygen atoms in total. The number of fused-ring (bicyclic) bond motifs is 1. The van der Waals surface area contributed by atoms with E-state index in [2.05, 4.69) is 5.32 Å². The highest BCUT2D eigenvalue weighted by Gasteiger charge is 2.15. The minimum absolute atomic E-state index is 0.447. The highest BCUT2D eigenvalue weighted by molar-refractivity contribution is 5.81. The Hall–Kier alpha value is -1.90. The van der Waals surface area contributed by atoms with Crippen LogP contribution in [0.3, 0.4) is 0 Å². The molecule has 0 unspecified atom stereocenters. The van der Waals surface area contributed by atoms with E-state index in [1.165, 1.54) is 17.7 Å². The molecule has 3 rings (SSSR count). The second-order valence-electron chi connectivity index (χ2n) is 4.49. The summed E-state index contributed by atoms with van der Waals surface area (Å²) in [6.07, 6.45) is 2.08. The van der Waals surface area contributed by atoms with Crippen LogP contribution in [-0.2, 0) is 6.42 Å². The van der Waals surface area contributed by atoms with Crippen LogP contribution in [0, 0.1) is 11.6 Å². The standard InChI is InChI=1S/C15H13F2N/c16-11-6-7-12(14(17)9-11)13-5-1-3-10-4-2-8-18-15(10)13/h1,3,5-7,9,18H,2,4,8H2. The summed E-state index contributed by atoms with van der Waals surface area (Å²) in [5.41, 5.74) is 3.43. The van der Waals surface area contributed by atoms with Crippen molar-refractivity contribution in [2.45, 2.75) is 12.8 Å². The number of halogens is 2. The molecule has 0 radical (unpaired) electrons. The summed E-state index contributed by atoms with van der Waals surface area (Å²) in [6.45, 7) is 0.896. The van der Waals surface area contributed by atoms with Gasteiger partial charge < -0.3 is 5.32 Å². The Kier molecular flexibility index (Phi) is 2.74. The Bertz CT molecular complexity index is 593. The highest BCUT2D eigenvalue weighted by atomic mass is 19.1. The molecule has 0 fully saturated rings. The van der Waals surface area contributed by atoms with Crippen molar-refractivity contribution in [3.05, 3.63) is 53.6 Å². The first-order chi connectivity index (χ1) is 8.75. The number of para-hydroxylation sites is 1. The molecule has 0 bridgehead atoms. The zero-order valence-electron chi connectivity index (χ0n) is 9.84. The predicted molar refractivity (Wildman–Crippen MR) is 68.6 cm³/mol. The molecule has 0 spiro atoms. The Morgan fingerprint density at radius 1 is 1.00 bits per heavy atom. The van der Waals surface area contributed by atoms with Crippen molar-refractivity contribution in [3.8, 4) is 11.1 Å². The number of hydrogen-bond acceptors (Lipinski definition) is 1. The highest BCUT2D eigenvalue weighted by Crippen LogP contribution is 2.35. The molecule has 1 N–H and O–H groups in total. The molecule has 2 aromatic carbocycles. The van der Waals surface area contributed by atoms with Crippen LogP contribution in [0.5, 0.6) is 0 Å². The van der Waals surface area contributed by atoms with Gasteiger partial charge in [0.2, 0.25) is 0 Å². The van der Waals surface area contributed by atoms with Crippen LogP contribution in [0.2, 0.25) is 0 Å². The van der Waals surface area contributed by atoms with Crippen LogP contribution in [0.4, 0.5) is 14.5 Å². The van der Waals surface area contributed by atoms with Crippen LogP contribution in [0.25, 0.3) is 11.1 Å². The molecule has 18 heavy (non-hydrogen) atoms. The molecule has 3 heteroatoms. The van der Waals surface area contributed by atoms with Crippen molar-refractivity contribution >= 4 is 5.69 Å². The van der Waals surface area contributed by atoms with Gasteiger partial charge in [0.25, 0.3) is 0 Å². The molecule has 0 aliphatic carbocycles. The molecular formula is C15H13F2N. The number of aryl methyl sites for hydroxylation is 1. The second kappa shape index (κ2) is 4.41. The maximum absolute atomic E-state index is 13.8. The fourth-order valence-electron chi connectivity index (χ4n) is 2.44. The summed E-state index contributed by atoms with van der Waals surface area (Å²) in [5, 5.41) is 3.31. The summed E-state index contributed by atoms with van der Waals surface area (Å²) in [6, 6.07) is 9.55. The van der Waals surface area contributed by atoms with E-state index in [0.29, 0.717) is 5.56 Å². The maximum atomic E-state index is 13.8. The summed E-state index contributed by atoms with van der Waals surface area (Å²) >= 11 is 0. The topological polar surface area (TPSA) is 12.0 Å². The Labute approximate surface area is 104 Å². The average molecular weight is 245 g/mol. The molecule has 1 aliphatic rings. The third-order valence-electron chi connectivity index (χ3n) is 3.30. The van der Waals surface area contributed by atoms with E-state index in [1.54, 1.807) is 0 Å². The van der Waals surface area contributed by atoms with Gasteiger partial charge in [0.15, 0.2) is 0 Å². The van der Waals surface area contributed by atoms with Crippen molar-refractivity contribution in [1.29, 1.82) is 0 Å². The third kappa shape index (κ3) is 1.86. The van der Waals surface area contributed by atoms with Crippen LogP contribution in [-0.4, -0.2) is 6.54 Å². The van der Waals surface area contributed by atoms with Crippen LogP contribution in [0.1, 0.15) is 12.0 Å². The normalized spacial score (nSPS) is 13.9. The third-order valence-corrected chi connectivity index (χ3v) is 3.30. The first-order valence-corrected chi connectivity index (χ1v) is 6.07. The molecule has 1 aliphatic heterocycles. The lowest BCUT2D eigenvalue weighted by molar-refractivity contribution is 0.585. The first-order valence-electron chi connectivity index (χ1n) is 6.07. The van der Waals surface area contributed by atoms with Gasteiger partial charge in [0.1, 0.15) is 11.6 Å². The fraction of sp³-hybridized carbons (Fsp3) is 0.200. The zero-order valence-corrected chi connectivity index (χ0v) is 9.84. The number of rotatable bonds is 1. The lowest BCUT2D eigenvalue weighted by Crippen LogP contribution is -2.12. The van der Waals surface area contributed by atoms with Gasteiger partial charge in [-0.2, -0.15) is 0 Å². The molecular weight excluding hydrogens is 232 g/mol. The minimum atomic E-state index is -0.547. The average Bonchev–Trinajstić information content (AvgIpc) is 2.38. The number of nitrogens with one attached hydrogen (secondary N) is 1. The Morgan fingerprint density at radius 3 is 2.72 bits per heavy atom. The summed E-state index contributed by atoms with van der Waals surface area (Å²) in [7, 11) is 0. The van der Waals surface area contributed by atoms with E-state index < -0.39 is 11.6 Å². The van der Waals surface area contributed by atoms with Gasteiger partial charge in [-0.15, -0.1) is 0 Å². The number of anilines is 1. The van der Waals surface area contributed by atoms with Crippen molar-refractivity contribution in [2.75, 3.05) is 11.9 Å². The molecule has 0 aromatic heterocycles. The number of benzene rings is 2. The molecule has 0 saturated carbocycles. The molecule has 0 atom stereocenters. The lowest BCUT2D eigenvalue weighted by atomic mass is 9.95. The fourth-order valence-corrected chi connectivity index (χ4v) is 2.44. The van der Waals surface area contributed by atoms with E-state index in [-0.39, 0.29) is 0 Å². The number of hydrogen-bond donors (Lipinski definition) is 1. The zero-order chi connectivity index (χ0) is 12.5. The summed E-state index contributed by atoms with van der Waals surface area (Å²) in [5.74, 6) is -1.07. The van der Waals surface area contributed by atoms with Gasteiger partial charge in [-0.1, -0.05) is 18.2 Å². The van der Waals surface area contributed by atoms with Crippen LogP contribution < -0.4 is 5.32 Å². The summed E-state index contributed by atoms with van der Waals surface area (Å²) in [4.78, 5) is 0. The van der Waals surface area contributed by atoms with Crippen LogP contribution in [0.15, 0.2) is 36.4 Å². The van der Waals surface area contributed by atoms with Gasteiger partial charge in [-0.05, 0) is 30.5 Å². The molecule has 0 saturated heterocycles. The smallest absolute Gasteiger partial charge is 0.134 e. The Morgan fingerprint density at radius 2 is 1.89 bits per heavy atom.